The molecule has 0 spiro atoms. The molecule has 0 fully saturated rings. The normalized spacial score (nSPS) is 12.1. The van der Waals surface area contributed by atoms with Crippen LogP contribution in [0.2, 0.25) is 10.0 Å². The number of benzene rings is 1. The van der Waals surface area contributed by atoms with Gasteiger partial charge in [-0.2, -0.15) is 0 Å². The van der Waals surface area contributed by atoms with Crippen molar-refractivity contribution in [3.8, 4) is 5.75 Å². The molecular formula is C15H22Cl2N2O2. The van der Waals surface area contributed by atoms with Gasteiger partial charge in [-0.15, -0.1) is 0 Å². The van der Waals surface area contributed by atoms with Gasteiger partial charge in [-0.3, -0.25) is 4.79 Å². The average Bonchev–Trinajstić information content (AvgIpc) is 2.40. The Labute approximate surface area is 136 Å². The van der Waals surface area contributed by atoms with Gasteiger partial charge in [0.1, 0.15) is 5.75 Å². The highest BCUT2D eigenvalue weighted by Gasteiger charge is 2.14. The van der Waals surface area contributed by atoms with Crippen molar-refractivity contribution < 1.29 is 9.53 Å². The minimum absolute atomic E-state index is 0.00638. The highest BCUT2D eigenvalue weighted by atomic mass is 35.5. The standard InChI is InChI=1S/C15H22Cl2N2O2/c1-4-12(18)8-10-7-11(16)9-13(17)15(10)21-6-5-14(20)19(2)3/h7,9,12H,4-6,8,18H2,1-3H3. The monoisotopic (exact) mass is 332 g/mol. The van der Waals surface area contributed by atoms with Gasteiger partial charge in [0.05, 0.1) is 18.1 Å². The number of rotatable bonds is 7. The van der Waals surface area contributed by atoms with Crippen LogP contribution in [0.4, 0.5) is 0 Å². The molecule has 1 aromatic carbocycles. The van der Waals surface area contributed by atoms with Crippen LogP contribution in [0.1, 0.15) is 25.3 Å². The largest absolute Gasteiger partial charge is 0.491 e. The number of ether oxygens (including phenoxy) is 1. The first-order valence-corrected chi connectivity index (χ1v) is 7.67. The third-order valence-electron chi connectivity index (χ3n) is 3.15. The maximum absolute atomic E-state index is 11.6. The molecule has 1 amide bonds. The molecule has 1 unspecified atom stereocenters. The van der Waals surface area contributed by atoms with Crippen molar-refractivity contribution >= 4 is 29.1 Å². The fourth-order valence-electron chi connectivity index (χ4n) is 1.82. The molecule has 0 heterocycles. The van der Waals surface area contributed by atoms with E-state index in [0.717, 1.165) is 12.0 Å². The maximum atomic E-state index is 11.6. The number of halogens is 2. The van der Waals surface area contributed by atoms with Crippen LogP contribution in [0.5, 0.6) is 5.75 Å². The molecule has 21 heavy (non-hydrogen) atoms. The zero-order chi connectivity index (χ0) is 16.0. The van der Waals surface area contributed by atoms with E-state index in [1.807, 2.05) is 13.0 Å². The molecular weight excluding hydrogens is 311 g/mol. The molecule has 0 saturated carbocycles. The molecule has 1 aromatic rings. The Bertz CT molecular complexity index is 493. The second kappa shape index (κ2) is 8.47. The molecule has 118 valence electrons. The van der Waals surface area contributed by atoms with Crippen molar-refractivity contribution in [1.82, 2.24) is 4.90 Å². The van der Waals surface area contributed by atoms with Gasteiger partial charge in [0.2, 0.25) is 5.91 Å². The van der Waals surface area contributed by atoms with Crippen LogP contribution in [0.3, 0.4) is 0 Å². The molecule has 0 aliphatic carbocycles. The number of carbonyl (C=O) groups excluding carboxylic acids is 1. The van der Waals surface area contributed by atoms with E-state index in [1.54, 1.807) is 20.2 Å². The zero-order valence-electron chi connectivity index (χ0n) is 12.7. The van der Waals surface area contributed by atoms with E-state index in [1.165, 1.54) is 4.90 Å². The molecule has 0 aliphatic heterocycles. The van der Waals surface area contributed by atoms with Crippen LogP contribution in [-0.4, -0.2) is 37.6 Å². The van der Waals surface area contributed by atoms with E-state index >= 15 is 0 Å². The van der Waals surface area contributed by atoms with E-state index in [9.17, 15) is 4.79 Å². The summed E-state index contributed by atoms with van der Waals surface area (Å²) >= 11 is 12.2. The molecule has 2 N–H and O–H groups in total. The summed E-state index contributed by atoms with van der Waals surface area (Å²) in [6.07, 6.45) is 1.78. The van der Waals surface area contributed by atoms with Crippen molar-refractivity contribution in [3.05, 3.63) is 27.7 Å². The smallest absolute Gasteiger partial charge is 0.225 e. The molecule has 0 saturated heterocycles. The van der Waals surface area contributed by atoms with Gasteiger partial charge in [0.25, 0.3) is 0 Å². The SMILES string of the molecule is CCC(N)Cc1cc(Cl)cc(Cl)c1OCCC(=O)N(C)C. The summed E-state index contributed by atoms with van der Waals surface area (Å²) < 4.78 is 5.70. The first-order chi connectivity index (χ1) is 9.85. The molecule has 0 aliphatic rings. The van der Waals surface area contributed by atoms with Crippen molar-refractivity contribution in [3.63, 3.8) is 0 Å². The van der Waals surface area contributed by atoms with Gasteiger partial charge in [0.15, 0.2) is 0 Å². The summed E-state index contributed by atoms with van der Waals surface area (Å²) in [7, 11) is 3.42. The number of hydrogen-bond acceptors (Lipinski definition) is 3. The van der Waals surface area contributed by atoms with Crippen molar-refractivity contribution in [2.45, 2.75) is 32.2 Å². The number of amides is 1. The summed E-state index contributed by atoms with van der Waals surface area (Å²) in [5.41, 5.74) is 6.86. The van der Waals surface area contributed by atoms with Crippen molar-refractivity contribution in [2.75, 3.05) is 20.7 Å². The second-order valence-electron chi connectivity index (χ2n) is 5.13. The molecule has 6 heteroatoms. The number of nitrogens with zero attached hydrogens (tertiary/aromatic N) is 1. The molecule has 1 rings (SSSR count). The lowest BCUT2D eigenvalue weighted by molar-refractivity contribution is -0.129. The van der Waals surface area contributed by atoms with E-state index in [-0.39, 0.29) is 18.6 Å². The topological polar surface area (TPSA) is 55.6 Å². The van der Waals surface area contributed by atoms with Gasteiger partial charge in [-0.05, 0) is 30.5 Å². The molecule has 4 nitrogen and oxygen atoms in total. The van der Waals surface area contributed by atoms with Gasteiger partial charge < -0.3 is 15.4 Å². The van der Waals surface area contributed by atoms with Gasteiger partial charge in [0, 0.05) is 25.2 Å². The maximum Gasteiger partial charge on any atom is 0.225 e. The highest BCUT2D eigenvalue weighted by Crippen LogP contribution is 2.33. The van der Waals surface area contributed by atoms with Crippen LogP contribution < -0.4 is 10.5 Å². The van der Waals surface area contributed by atoms with Gasteiger partial charge in [-0.1, -0.05) is 30.1 Å². The van der Waals surface area contributed by atoms with E-state index in [4.69, 9.17) is 33.7 Å². The predicted octanol–water partition coefficient (Wildman–Crippen LogP) is 3.13. The van der Waals surface area contributed by atoms with Gasteiger partial charge in [-0.25, -0.2) is 0 Å². The van der Waals surface area contributed by atoms with E-state index < -0.39 is 0 Å². The molecule has 0 radical (unpaired) electrons. The second-order valence-corrected chi connectivity index (χ2v) is 5.98. The van der Waals surface area contributed by atoms with Crippen molar-refractivity contribution in [1.29, 1.82) is 0 Å². The lowest BCUT2D eigenvalue weighted by Gasteiger charge is -2.17. The summed E-state index contributed by atoms with van der Waals surface area (Å²) in [6.45, 7) is 2.29. The lowest BCUT2D eigenvalue weighted by Crippen LogP contribution is -2.24. The Morgan fingerprint density at radius 1 is 1.38 bits per heavy atom. The van der Waals surface area contributed by atoms with E-state index in [0.29, 0.717) is 28.6 Å². The predicted molar refractivity (Wildman–Crippen MR) is 87.2 cm³/mol. The fraction of sp³-hybridized carbons (Fsp3) is 0.533. The molecule has 0 aromatic heterocycles. The summed E-state index contributed by atoms with van der Waals surface area (Å²) in [4.78, 5) is 13.1. The zero-order valence-corrected chi connectivity index (χ0v) is 14.2. The van der Waals surface area contributed by atoms with Crippen LogP contribution in [0.25, 0.3) is 0 Å². The van der Waals surface area contributed by atoms with Crippen LogP contribution in [-0.2, 0) is 11.2 Å². The Hall–Kier alpha value is -0.970. The average molecular weight is 333 g/mol. The third kappa shape index (κ3) is 5.73. The Morgan fingerprint density at radius 2 is 2.05 bits per heavy atom. The van der Waals surface area contributed by atoms with Crippen molar-refractivity contribution in [2.24, 2.45) is 5.73 Å². The summed E-state index contributed by atoms with van der Waals surface area (Å²) in [5, 5.41) is 0.994. The molecule has 1 atom stereocenters. The number of hydrogen-bond donors (Lipinski definition) is 1. The van der Waals surface area contributed by atoms with Gasteiger partial charge >= 0.3 is 0 Å². The summed E-state index contributed by atoms with van der Waals surface area (Å²) in [6, 6.07) is 3.46. The minimum atomic E-state index is 0.00638. The Kier molecular flexibility index (Phi) is 7.29. The van der Waals surface area contributed by atoms with Crippen LogP contribution >= 0.6 is 23.2 Å². The summed E-state index contributed by atoms with van der Waals surface area (Å²) in [5.74, 6) is 0.573. The Morgan fingerprint density at radius 3 is 2.62 bits per heavy atom. The minimum Gasteiger partial charge on any atom is -0.491 e. The van der Waals surface area contributed by atoms with Crippen LogP contribution in [0, 0.1) is 0 Å². The number of nitrogens with two attached hydrogens (primary N) is 1. The Balaban J connectivity index is 2.81. The quantitative estimate of drug-likeness (QED) is 0.834. The van der Waals surface area contributed by atoms with E-state index in [2.05, 4.69) is 0 Å². The third-order valence-corrected chi connectivity index (χ3v) is 3.65. The fourth-order valence-corrected chi connectivity index (χ4v) is 2.41. The molecule has 0 bridgehead atoms. The van der Waals surface area contributed by atoms with Crippen LogP contribution in [0.15, 0.2) is 12.1 Å². The first-order valence-electron chi connectivity index (χ1n) is 6.91. The lowest BCUT2D eigenvalue weighted by atomic mass is 10.0. The number of carbonyl (C=O) groups is 1. The highest BCUT2D eigenvalue weighted by molar-refractivity contribution is 6.35. The first kappa shape index (κ1) is 18.1.